The Morgan fingerprint density at radius 3 is 2.43 bits per heavy atom. The zero-order valence-corrected chi connectivity index (χ0v) is 18.7. The lowest BCUT2D eigenvalue weighted by atomic mass is 10.1. The highest BCUT2D eigenvalue weighted by Gasteiger charge is 2.07. The minimum atomic E-state index is 0.00372. The molecule has 0 atom stereocenters. The molecule has 2 rings (SSSR count). The van der Waals surface area contributed by atoms with Gasteiger partial charge in [0.1, 0.15) is 5.75 Å². The van der Waals surface area contributed by atoms with Crippen molar-refractivity contribution in [3.05, 3.63) is 65.2 Å². The number of nitrogens with zero attached hydrogens (tertiary/aromatic N) is 2. The molecule has 2 aromatic rings. The fourth-order valence-corrected chi connectivity index (χ4v) is 2.72. The first kappa shape index (κ1) is 23.3. The zero-order valence-electron chi connectivity index (χ0n) is 18.7. The summed E-state index contributed by atoms with van der Waals surface area (Å²) in [5, 5.41) is 6.61. The predicted octanol–water partition coefficient (Wildman–Crippen LogP) is 3.68. The first-order chi connectivity index (χ1) is 14.4. The maximum atomic E-state index is 12.0. The van der Waals surface area contributed by atoms with Gasteiger partial charge in [-0.1, -0.05) is 38.1 Å². The second-order valence-electron chi connectivity index (χ2n) is 7.80. The first-order valence-corrected chi connectivity index (χ1v) is 10.4. The van der Waals surface area contributed by atoms with Crippen LogP contribution < -0.4 is 15.4 Å². The molecular weight excluding hydrogens is 376 g/mol. The molecule has 6 nitrogen and oxygen atoms in total. The van der Waals surface area contributed by atoms with Gasteiger partial charge in [0.25, 0.3) is 5.91 Å². The highest BCUT2D eigenvalue weighted by molar-refractivity contribution is 5.93. The van der Waals surface area contributed by atoms with Crippen LogP contribution >= 0.6 is 0 Å². The molecular formula is C24H34N4O2. The summed E-state index contributed by atoms with van der Waals surface area (Å²) in [5.41, 5.74) is 2.86. The number of carbonyl (C=O) groups excluding carboxylic acids is 1. The summed E-state index contributed by atoms with van der Waals surface area (Å²) in [5.74, 6) is 2.12. The molecule has 162 valence electrons. The Labute approximate surface area is 180 Å². The van der Waals surface area contributed by atoms with Gasteiger partial charge < -0.3 is 20.3 Å². The molecule has 0 heterocycles. The van der Waals surface area contributed by atoms with Crippen molar-refractivity contribution in [2.45, 2.75) is 33.9 Å². The van der Waals surface area contributed by atoms with Crippen molar-refractivity contribution in [2.24, 2.45) is 10.9 Å². The number of hydrogen-bond donors (Lipinski definition) is 2. The van der Waals surface area contributed by atoms with Crippen LogP contribution in [0.1, 0.15) is 42.3 Å². The van der Waals surface area contributed by atoms with Crippen LogP contribution in [0.3, 0.4) is 0 Å². The van der Waals surface area contributed by atoms with Crippen molar-refractivity contribution >= 4 is 11.9 Å². The van der Waals surface area contributed by atoms with E-state index in [2.05, 4.69) is 35.5 Å². The van der Waals surface area contributed by atoms with E-state index in [1.165, 1.54) is 0 Å². The van der Waals surface area contributed by atoms with Crippen LogP contribution in [-0.4, -0.2) is 44.0 Å². The van der Waals surface area contributed by atoms with Gasteiger partial charge >= 0.3 is 0 Å². The zero-order chi connectivity index (χ0) is 21.9. The number of benzene rings is 2. The molecule has 30 heavy (non-hydrogen) atoms. The van der Waals surface area contributed by atoms with Crippen molar-refractivity contribution in [3.63, 3.8) is 0 Å². The molecule has 0 spiro atoms. The molecule has 0 radical (unpaired) electrons. The molecule has 0 aliphatic heterocycles. The average molecular weight is 411 g/mol. The van der Waals surface area contributed by atoms with E-state index in [1.54, 1.807) is 19.0 Å². The predicted molar refractivity (Wildman–Crippen MR) is 123 cm³/mol. The van der Waals surface area contributed by atoms with E-state index in [1.807, 2.05) is 49.4 Å². The molecule has 0 aliphatic rings. The minimum absolute atomic E-state index is 0.00372. The SMILES string of the molecule is CCNC(=NCc1cccc(OCC(C)C)c1)NCc1ccc(C(=O)N(C)C)cc1. The van der Waals surface area contributed by atoms with Gasteiger partial charge in [0.15, 0.2) is 5.96 Å². The largest absolute Gasteiger partial charge is 0.493 e. The van der Waals surface area contributed by atoms with Gasteiger partial charge in [-0.05, 0) is 48.2 Å². The molecule has 0 saturated carbocycles. The second kappa shape index (κ2) is 11.9. The Kier molecular flexibility index (Phi) is 9.19. The van der Waals surface area contributed by atoms with Gasteiger partial charge in [0.2, 0.25) is 0 Å². The van der Waals surface area contributed by atoms with Crippen LogP contribution in [-0.2, 0) is 13.1 Å². The minimum Gasteiger partial charge on any atom is -0.493 e. The maximum absolute atomic E-state index is 12.0. The fraction of sp³-hybridized carbons (Fsp3) is 0.417. The number of aliphatic imine (C=N–C) groups is 1. The lowest BCUT2D eigenvalue weighted by Gasteiger charge is -2.13. The summed E-state index contributed by atoms with van der Waals surface area (Å²) in [7, 11) is 3.51. The van der Waals surface area contributed by atoms with Crippen LogP contribution in [0.15, 0.2) is 53.5 Å². The second-order valence-corrected chi connectivity index (χ2v) is 7.80. The molecule has 2 N–H and O–H groups in total. The van der Waals surface area contributed by atoms with Crippen LogP contribution in [0.5, 0.6) is 5.75 Å². The van der Waals surface area contributed by atoms with E-state index in [-0.39, 0.29) is 5.91 Å². The standard InChI is InChI=1S/C24H34N4O2/c1-6-25-24(26-15-19-10-12-21(13-11-19)23(29)28(4)5)27-16-20-8-7-9-22(14-20)30-17-18(2)3/h7-14,18H,6,15-17H2,1-5H3,(H2,25,26,27). The first-order valence-electron chi connectivity index (χ1n) is 10.4. The van der Waals surface area contributed by atoms with Gasteiger partial charge in [-0.25, -0.2) is 4.99 Å². The van der Waals surface area contributed by atoms with E-state index in [4.69, 9.17) is 4.74 Å². The highest BCUT2D eigenvalue weighted by Crippen LogP contribution is 2.15. The molecule has 2 aromatic carbocycles. The number of rotatable bonds is 9. The summed E-state index contributed by atoms with van der Waals surface area (Å²) in [6, 6.07) is 15.7. The summed E-state index contributed by atoms with van der Waals surface area (Å²) in [6.07, 6.45) is 0. The van der Waals surface area contributed by atoms with Gasteiger partial charge in [-0.3, -0.25) is 4.79 Å². The van der Waals surface area contributed by atoms with Crippen LogP contribution in [0, 0.1) is 5.92 Å². The molecule has 0 aliphatic carbocycles. The molecule has 0 saturated heterocycles. The lowest BCUT2D eigenvalue weighted by molar-refractivity contribution is 0.0827. The molecule has 0 fully saturated rings. The maximum Gasteiger partial charge on any atom is 0.253 e. The quantitative estimate of drug-likeness (QED) is 0.489. The number of guanidine groups is 1. The van der Waals surface area contributed by atoms with Crippen molar-refractivity contribution in [3.8, 4) is 5.75 Å². The van der Waals surface area contributed by atoms with E-state index in [0.717, 1.165) is 29.4 Å². The van der Waals surface area contributed by atoms with Crippen molar-refractivity contribution < 1.29 is 9.53 Å². The molecule has 6 heteroatoms. The highest BCUT2D eigenvalue weighted by atomic mass is 16.5. The Bertz CT molecular complexity index is 829. The smallest absolute Gasteiger partial charge is 0.253 e. The average Bonchev–Trinajstić information content (AvgIpc) is 2.74. The van der Waals surface area contributed by atoms with E-state index < -0.39 is 0 Å². The third kappa shape index (κ3) is 7.78. The normalized spacial score (nSPS) is 11.3. The van der Waals surface area contributed by atoms with Crippen LogP contribution in [0.2, 0.25) is 0 Å². The topological polar surface area (TPSA) is 66.0 Å². The Balaban J connectivity index is 1.96. The third-order valence-corrected chi connectivity index (χ3v) is 4.31. The number of carbonyl (C=O) groups is 1. The van der Waals surface area contributed by atoms with Crippen LogP contribution in [0.25, 0.3) is 0 Å². The molecule has 0 unspecified atom stereocenters. The summed E-state index contributed by atoms with van der Waals surface area (Å²) < 4.78 is 5.80. The number of ether oxygens (including phenoxy) is 1. The fourth-order valence-electron chi connectivity index (χ4n) is 2.72. The Morgan fingerprint density at radius 1 is 1.07 bits per heavy atom. The van der Waals surface area contributed by atoms with Gasteiger partial charge in [0, 0.05) is 32.7 Å². The van der Waals surface area contributed by atoms with E-state index >= 15 is 0 Å². The lowest BCUT2D eigenvalue weighted by Crippen LogP contribution is -2.36. The molecule has 0 aromatic heterocycles. The van der Waals surface area contributed by atoms with E-state index in [0.29, 0.717) is 31.2 Å². The molecule has 0 bridgehead atoms. The van der Waals surface area contributed by atoms with Gasteiger partial charge in [-0.15, -0.1) is 0 Å². The summed E-state index contributed by atoms with van der Waals surface area (Å²) in [6.45, 7) is 8.98. The molecule has 1 amide bonds. The number of nitrogens with one attached hydrogen (secondary N) is 2. The number of hydrogen-bond acceptors (Lipinski definition) is 3. The van der Waals surface area contributed by atoms with Crippen molar-refractivity contribution in [1.29, 1.82) is 0 Å². The summed E-state index contributed by atoms with van der Waals surface area (Å²) >= 11 is 0. The van der Waals surface area contributed by atoms with Gasteiger partial charge in [0.05, 0.1) is 13.2 Å². The number of amides is 1. The van der Waals surface area contributed by atoms with E-state index in [9.17, 15) is 4.79 Å². The van der Waals surface area contributed by atoms with Gasteiger partial charge in [-0.2, -0.15) is 0 Å². The Hall–Kier alpha value is -3.02. The summed E-state index contributed by atoms with van der Waals surface area (Å²) in [4.78, 5) is 18.3. The van der Waals surface area contributed by atoms with Crippen molar-refractivity contribution in [2.75, 3.05) is 27.2 Å². The van der Waals surface area contributed by atoms with Crippen molar-refractivity contribution in [1.82, 2.24) is 15.5 Å². The third-order valence-electron chi connectivity index (χ3n) is 4.31. The monoisotopic (exact) mass is 410 g/mol. The van der Waals surface area contributed by atoms with Crippen LogP contribution in [0.4, 0.5) is 0 Å². The Morgan fingerprint density at radius 2 is 1.80 bits per heavy atom.